The minimum Gasteiger partial charge on any atom is -0.368 e. The van der Waals surface area contributed by atoms with Gasteiger partial charge in [0.05, 0.1) is 11.3 Å². The van der Waals surface area contributed by atoms with Crippen molar-refractivity contribution in [2.75, 3.05) is 39.2 Å². The molecule has 18 heavy (non-hydrogen) atoms. The first kappa shape index (κ1) is 17.3. The molecule has 0 aliphatic carbocycles. The van der Waals surface area contributed by atoms with E-state index < -0.39 is 15.4 Å². The molecule has 108 valence electrons. The molecule has 0 bridgehead atoms. The summed E-state index contributed by atoms with van der Waals surface area (Å²) in [6, 6.07) is 0. The summed E-state index contributed by atoms with van der Waals surface area (Å²) in [6.45, 7) is 3.01. The van der Waals surface area contributed by atoms with Crippen molar-refractivity contribution in [1.82, 2.24) is 10.2 Å². The van der Waals surface area contributed by atoms with E-state index in [0.29, 0.717) is 13.0 Å². The summed E-state index contributed by atoms with van der Waals surface area (Å²) in [5.41, 5.74) is 4.62. The molecule has 0 aliphatic rings. The molecule has 0 heterocycles. The maximum atomic E-state index is 11.3. The average molecular weight is 279 g/mol. The summed E-state index contributed by atoms with van der Waals surface area (Å²) >= 11 is 0. The van der Waals surface area contributed by atoms with Gasteiger partial charge in [-0.25, -0.2) is 8.42 Å². The Bertz CT molecular complexity index is 370. The number of rotatable bonds is 9. The highest BCUT2D eigenvalue weighted by molar-refractivity contribution is 7.90. The Morgan fingerprint density at radius 3 is 2.33 bits per heavy atom. The number of likely N-dealkylation sites (N-methyl/N-ethyl adjacent to an activating group) is 1. The highest BCUT2D eigenvalue weighted by Gasteiger charge is 2.28. The second-order valence-electron chi connectivity index (χ2n) is 4.98. The molecule has 0 aliphatic heterocycles. The van der Waals surface area contributed by atoms with Crippen LogP contribution in [0.2, 0.25) is 0 Å². The first-order valence-corrected chi connectivity index (χ1v) is 8.02. The van der Waals surface area contributed by atoms with Gasteiger partial charge in [0.25, 0.3) is 0 Å². The lowest BCUT2D eigenvalue weighted by Gasteiger charge is -2.26. The molecule has 6 nitrogen and oxygen atoms in total. The molecule has 1 atom stereocenters. The van der Waals surface area contributed by atoms with Gasteiger partial charge in [0, 0.05) is 12.8 Å². The van der Waals surface area contributed by atoms with Gasteiger partial charge in [0.1, 0.15) is 9.84 Å². The molecular weight excluding hydrogens is 254 g/mol. The lowest BCUT2D eigenvalue weighted by atomic mass is 9.95. The van der Waals surface area contributed by atoms with Crippen LogP contribution in [0.15, 0.2) is 0 Å². The van der Waals surface area contributed by atoms with E-state index in [9.17, 15) is 13.2 Å². The van der Waals surface area contributed by atoms with Crippen LogP contribution in [0.5, 0.6) is 0 Å². The number of sulfone groups is 1. The van der Waals surface area contributed by atoms with Crippen molar-refractivity contribution < 1.29 is 13.2 Å². The normalized spacial score (nSPS) is 15.6. The smallest absolute Gasteiger partial charge is 0.237 e. The molecular formula is C11H25N3O3S. The largest absolute Gasteiger partial charge is 0.368 e. The second kappa shape index (κ2) is 7.06. The number of nitrogens with two attached hydrogens (primary N) is 1. The third-order valence-corrected chi connectivity index (χ3v) is 4.08. The number of nitrogens with one attached hydrogen (secondary N) is 1. The molecule has 0 saturated carbocycles. The van der Waals surface area contributed by atoms with E-state index in [1.165, 1.54) is 6.26 Å². The quantitative estimate of drug-likeness (QED) is 0.577. The zero-order valence-electron chi connectivity index (χ0n) is 11.7. The third-order valence-electron chi connectivity index (χ3n) is 3.16. The topological polar surface area (TPSA) is 92.5 Å². The van der Waals surface area contributed by atoms with Gasteiger partial charge in [-0.05, 0) is 40.4 Å². The van der Waals surface area contributed by atoms with E-state index in [4.69, 9.17) is 5.73 Å². The molecule has 1 amide bonds. The summed E-state index contributed by atoms with van der Waals surface area (Å²) in [5, 5.41) is 2.92. The van der Waals surface area contributed by atoms with Gasteiger partial charge in [0.15, 0.2) is 0 Å². The highest BCUT2D eigenvalue weighted by Crippen LogP contribution is 2.11. The van der Waals surface area contributed by atoms with E-state index >= 15 is 0 Å². The number of primary amides is 1. The van der Waals surface area contributed by atoms with Gasteiger partial charge in [-0.1, -0.05) is 0 Å². The fraction of sp³-hybridized carbons (Fsp3) is 0.909. The fourth-order valence-corrected chi connectivity index (χ4v) is 2.15. The number of amides is 1. The predicted octanol–water partition coefficient (Wildman–Crippen LogP) is -0.794. The Hall–Kier alpha value is -0.660. The molecule has 3 N–H and O–H groups in total. The minimum absolute atomic E-state index is 0.155. The van der Waals surface area contributed by atoms with Crippen LogP contribution < -0.4 is 11.1 Å². The SMILES string of the molecule is CNC(C)(CCCN(C)CCS(C)(=O)=O)C(N)=O. The second-order valence-corrected chi connectivity index (χ2v) is 7.24. The van der Waals surface area contributed by atoms with E-state index in [-0.39, 0.29) is 11.7 Å². The van der Waals surface area contributed by atoms with Crippen molar-refractivity contribution in [3.63, 3.8) is 0 Å². The molecule has 0 aromatic heterocycles. The van der Waals surface area contributed by atoms with Crippen LogP contribution >= 0.6 is 0 Å². The standard InChI is InChI=1S/C11H25N3O3S/c1-11(13-2,10(12)15)6-5-7-14(3)8-9-18(4,16)17/h13H,5-9H2,1-4H3,(H2,12,15). The van der Waals surface area contributed by atoms with E-state index in [2.05, 4.69) is 5.32 Å². The summed E-state index contributed by atoms with van der Waals surface area (Å²) in [6.07, 6.45) is 2.63. The van der Waals surface area contributed by atoms with Gasteiger partial charge >= 0.3 is 0 Å². The van der Waals surface area contributed by atoms with Crippen LogP contribution in [0.25, 0.3) is 0 Å². The van der Waals surface area contributed by atoms with Crippen LogP contribution in [0.4, 0.5) is 0 Å². The third kappa shape index (κ3) is 6.93. The van der Waals surface area contributed by atoms with Gasteiger partial charge in [0.2, 0.25) is 5.91 Å². The summed E-state index contributed by atoms with van der Waals surface area (Å²) in [7, 11) is 0.655. The van der Waals surface area contributed by atoms with Crippen molar-refractivity contribution in [2.24, 2.45) is 5.73 Å². The van der Waals surface area contributed by atoms with Gasteiger partial charge < -0.3 is 16.0 Å². The van der Waals surface area contributed by atoms with Crippen LogP contribution in [0.1, 0.15) is 19.8 Å². The zero-order valence-corrected chi connectivity index (χ0v) is 12.5. The van der Waals surface area contributed by atoms with Gasteiger partial charge in [-0.2, -0.15) is 0 Å². The molecule has 0 fully saturated rings. The monoisotopic (exact) mass is 279 g/mol. The number of nitrogens with zero attached hydrogens (tertiary/aromatic N) is 1. The Morgan fingerprint density at radius 2 is 1.94 bits per heavy atom. The molecule has 1 unspecified atom stereocenters. The van der Waals surface area contributed by atoms with Crippen LogP contribution in [0, 0.1) is 0 Å². The summed E-state index contributed by atoms with van der Waals surface area (Å²) < 4.78 is 22.0. The van der Waals surface area contributed by atoms with Crippen LogP contribution in [-0.4, -0.2) is 64.0 Å². The minimum atomic E-state index is -2.92. The number of hydrogen-bond donors (Lipinski definition) is 2. The lowest BCUT2D eigenvalue weighted by Crippen LogP contribution is -2.51. The first-order chi connectivity index (χ1) is 8.10. The van der Waals surface area contributed by atoms with Crippen LogP contribution in [-0.2, 0) is 14.6 Å². The Morgan fingerprint density at radius 1 is 1.39 bits per heavy atom. The number of hydrogen-bond acceptors (Lipinski definition) is 5. The van der Waals surface area contributed by atoms with E-state index in [0.717, 1.165) is 13.0 Å². The van der Waals surface area contributed by atoms with Crippen molar-refractivity contribution in [3.8, 4) is 0 Å². The Balaban J connectivity index is 4.00. The van der Waals surface area contributed by atoms with E-state index in [1.807, 2.05) is 11.9 Å². The predicted molar refractivity (Wildman–Crippen MR) is 73.1 cm³/mol. The molecule has 0 radical (unpaired) electrons. The summed E-state index contributed by atoms with van der Waals surface area (Å²) in [5.74, 6) is -0.216. The number of carbonyl (C=O) groups excluding carboxylic acids is 1. The molecule has 7 heteroatoms. The summed E-state index contributed by atoms with van der Waals surface area (Å²) in [4.78, 5) is 13.2. The van der Waals surface area contributed by atoms with Crippen molar-refractivity contribution >= 4 is 15.7 Å². The Kier molecular flexibility index (Phi) is 6.80. The Labute approximate surface area is 110 Å². The van der Waals surface area contributed by atoms with Crippen molar-refractivity contribution in [3.05, 3.63) is 0 Å². The maximum absolute atomic E-state index is 11.3. The zero-order chi connectivity index (χ0) is 14.4. The first-order valence-electron chi connectivity index (χ1n) is 5.96. The molecule has 0 rings (SSSR count). The van der Waals surface area contributed by atoms with Gasteiger partial charge in [-0.15, -0.1) is 0 Å². The molecule has 0 saturated heterocycles. The fourth-order valence-electron chi connectivity index (χ4n) is 1.51. The van der Waals surface area contributed by atoms with E-state index in [1.54, 1.807) is 14.0 Å². The average Bonchev–Trinajstić information content (AvgIpc) is 2.25. The lowest BCUT2D eigenvalue weighted by molar-refractivity contribution is -0.123. The van der Waals surface area contributed by atoms with Crippen molar-refractivity contribution in [2.45, 2.75) is 25.3 Å². The molecule has 0 aromatic rings. The number of carbonyl (C=O) groups is 1. The van der Waals surface area contributed by atoms with Gasteiger partial charge in [-0.3, -0.25) is 4.79 Å². The molecule has 0 aromatic carbocycles. The van der Waals surface area contributed by atoms with Crippen molar-refractivity contribution in [1.29, 1.82) is 0 Å². The molecule has 0 spiro atoms. The maximum Gasteiger partial charge on any atom is 0.237 e. The van der Waals surface area contributed by atoms with Crippen LogP contribution in [0.3, 0.4) is 0 Å². The highest BCUT2D eigenvalue weighted by atomic mass is 32.2.